The van der Waals surface area contributed by atoms with Gasteiger partial charge < -0.3 is 4.74 Å². The van der Waals surface area contributed by atoms with Crippen molar-refractivity contribution >= 4 is 17.8 Å². The molecule has 0 aromatic carbocycles. The first-order valence-corrected chi connectivity index (χ1v) is 6.05. The minimum Gasteiger partial charge on any atom is -0.469 e. The number of carbonyl (C=O) groups is 3. The Kier molecular flexibility index (Phi) is 5.66. The number of amides is 2. The van der Waals surface area contributed by atoms with Gasteiger partial charge in [-0.2, -0.15) is 0 Å². The smallest absolute Gasteiger partial charge is 0.305 e. The van der Waals surface area contributed by atoms with Crippen molar-refractivity contribution in [1.29, 1.82) is 0 Å². The highest BCUT2D eigenvalue weighted by Gasteiger charge is 2.27. The minimum atomic E-state index is -0.185. The summed E-state index contributed by atoms with van der Waals surface area (Å²) in [6.07, 6.45) is 4.63. The van der Waals surface area contributed by atoms with E-state index in [1.54, 1.807) is 0 Å². The Morgan fingerprint density at radius 2 is 1.71 bits per heavy atom. The molecule has 96 valence electrons. The van der Waals surface area contributed by atoms with Gasteiger partial charge in [0, 0.05) is 25.8 Å². The van der Waals surface area contributed by atoms with E-state index in [-0.39, 0.29) is 17.8 Å². The molecular weight excluding hydrogens is 222 g/mol. The van der Waals surface area contributed by atoms with Crippen LogP contribution in [-0.4, -0.2) is 36.3 Å². The molecule has 0 unspecified atom stereocenters. The number of imide groups is 1. The summed E-state index contributed by atoms with van der Waals surface area (Å²) in [4.78, 5) is 34.7. The lowest BCUT2D eigenvalue weighted by Crippen LogP contribution is -2.29. The van der Waals surface area contributed by atoms with Crippen molar-refractivity contribution in [3.63, 3.8) is 0 Å². The van der Waals surface area contributed by atoms with Crippen LogP contribution in [-0.2, 0) is 19.1 Å². The van der Waals surface area contributed by atoms with Gasteiger partial charge >= 0.3 is 5.97 Å². The summed E-state index contributed by atoms with van der Waals surface area (Å²) in [7, 11) is 1.38. The van der Waals surface area contributed by atoms with Crippen LogP contribution in [0.1, 0.15) is 44.9 Å². The molecule has 0 radical (unpaired) electrons. The molecule has 1 rings (SSSR count). The molecule has 0 spiro atoms. The summed E-state index contributed by atoms with van der Waals surface area (Å²) < 4.78 is 4.53. The van der Waals surface area contributed by atoms with Crippen LogP contribution in [0.2, 0.25) is 0 Å². The van der Waals surface area contributed by atoms with E-state index >= 15 is 0 Å². The molecule has 1 fully saturated rings. The predicted molar refractivity (Wildman–Crippen MR) is 61.1 cm³/mol. The molecule has 0 N–H and O–H groups in total. The van der Waals surface area contributed by atoms with E-state index in [9.17, 15) is 14.4 Å². The van der Waals surface area contributed by atoms with E-state index < -0.39 is 0 Å². The van der Waals surface area contributed by atoms with Gasteiger partial charge in [-0.3, -0.25) is 19.3 Å². The van der Waals surface area contributed by atoms with Gasteiger partial charge in [0.2, 0.25) is 11.8 Å². The second-order valence-corrected chi connectivity index (χ2v) is 4.18. The molecule has 1 saturated heterocycles. The predicted octanol–water partition coefficient (Wildman–Crippen LogP) is 1.26. The van der Waals surface area contributed by atoms with Crippen molar-refractivity contribution in [2.24, 2.45) is 0 Å². The number of rotatable bonds is 7. The average Bonchev–Trinajstić information content (AvgIpc) is 2.64. The van der Waals surface area contributed by atoms with E-state index in [0.29, 0.717) is 25.8 Å². The largest absolute Gasteiger partial charge is 0.469 e. The van der Waals surface area contributed by atoms with Crippen molar-refractivity contribution in [2.75, 3.05) is 13.7 Å². The Morgan fingerprint density at radius 1 is 1.12 bits per heavy atom. The lowest BCUT2D eigenvalue weighted by Gasteiger charge is -2.12. The summed E-state index contributed by atoms with van der Waals surface area (Å²) in [6.45, 7) is 0.524. The fourth-order valence-electron chi connectivity index (χ4n) is 1.87. The standard InChI is InChI=1S/C12H19NO4/c1-17-12(16)6-4-2-3-5-9-13-10(14)7-8-11(13)15/h2-9H2,1H3. The molecule has 0 atom stereocenters. The molecule has 2 amide bonds. The van der Waals surface area contributed by atoms with Crippen molar-refractivity contribution in [1.82, 2.24) is 4.90 Å². The Labute approximate surface area is 101 Å². The number of hydrogen-bond donors (Lipinski definition) is 0. The SMILES string of the molecule is COC(=O)CCCCCCN1C(=O)CCC1=O. The van der Waals surface area contributed by atoms with Crippen molar-refractivity contribution < 1.29 is 19.1 Å². The van der Waals surface area contributed by atoms with Gasteiger partial charge in [0.15, 0.2) is 0 Å². The molecule has 0 aliphatic carbocycles. The minimum absolute atomic E-state index is 0.0513. The molecule has 5 nitrogen and oxygen atoms in total. The second-order valence-electron chi connectivity index (χ2n) is 4.18. The van der Waals surface area contributed by atoms with Crippen LogP contribution in [0.5, 0.6) is 0 Å². The lowest BCUT2D eigenvalue weighted by atomic mass is 10.1. The number of hydrogen-bond acceptors (Lipinski definition) is 4. The van der Waals surface area contributed by atoms with Gasteiger partial charge in [-0.15, -0.1) is 0 Å². The van der Waals surface area contributed by atoms with Crippen molar-refractivity contribution in [2.45, 2.75) is 44.9 Å². The summed E-state index contributed by atoms with van der Waals surface area (Å²) >= 11 is 0. The third-order valence-electron chi connectivity index (χ3n) is 2.90. The van der Waals surface area contributed by atoms with Crippen LogP contribution in [0.3, 0.4) is 0 Å². The van der Waals surface area contributed by atoms with Crippen LogP contribution in [0.15, 0.2) is 0 Å². The molecule has 1 aliphatic rings. The Hall–Kier alpha value is -1.39. The van der Waals surface area contributed by atoms with Gasteiger partial charge in [-0.25, -0.2) is 0 Å². The zero-order valence-electron chi connectivity index (χ0n) is 10.2. The first kappa shape index (κ1) is 13.7. The number of methoxy groups -OCH3 is 1. The maximum absolute atomic E-state index is 11.3. The molecule has 17 heavy (non-hydrogen) atoms. The molecule has 0 aromatic heterocycles. The maximum atomic E-state index is 11.3. The topological polar surface area (TPSA) is 63.7 Å². The summed E-state index contributed by atoms with van der Waals surface area (Å²) in [6, 6.07) is 0. The van der Waals surface area contributed by atoms with E-state index in [4.69, 9.17) is 0 Å². The summed E-state index contributed by atoms with van der Waals surface area (Å²) in [5.41, 5.74) is 0. The van der Waals surface area contributed by atoms with Crippen LogP contribution >= 0.6 is 0 Å². The highest BCUT2D eigenvalue weighted by molar-refractivity contribution is 6.01. The third-order valence-corrected chi connectivity index (χ3v) is 2.90. The van der Waals surface area contributed by atoms with Crippen LogP contribution < -0.4 is 0 Å². The lowest BCUT2D eigenvalue weighted by molar-refractivity contribution is -0.141. The monoisotopic (exact) mass is 241 g/mol. The number of unbranched alkanes of at least 4 members (excludes halogenated alkanes) is 3. The first-order valence-electron chi connectivity index (χ1n) is 6.05. The molecule has 0 saturated carbocycles. The molecular formula is C12H19NO4. The number of nitrogens with zero attached hydrogens (tertiary/aromatic N) is 1. The quantitative estimate of drug-likeness (QED) is 0.382. The fourth-order valence-corrected chi connectivity index (χ4v) is 1.87. The highest BCUT2D eigenvalue weighted by atomic mass is 16.5. The number of esters is 1. The molecule has 1 aliphatic heterocycles. The average molecular weight is 241 g/mol. The van der Waals surface area contributed by atoms with Crippen molar-refractivity contribution in [3.8, 4) is 0 Å². The Balaban J connectivity index is 2.02. The third kappa shape index (κ3) is 4.54. The molecule has 0 aromatic rings. The van der Waals surface area contributed by atoms with Crippen LogP contribution in [0.4, 0.5) is 0 Å². The van der Waals surface area contributed by atoms with Gasteiger partial charge in [0.05, 0.1) is 7.11 Å². The summed E-state index contributed by atoms with van der Waals surface area (Å²) in [5, 5.41) is 0. The zero-order chi connectivity index (χ0) is 12.7. The fraction of sp³-hybridized carbons (Fsp3) is 0.750. The van der Waals surface area contributed by atoms with E-state index in [1.807, 2.05) is 0 Å². The maximum Gasteiger partial charge on any atom is 0.305 e. The molecule has 1 heterocycles. The van der Waals surface area contributed by atoms with Crippen molar-refractivity contribution in [3.05, 3.63) is 0 Å². The van der Waals surface area contributed by atoms with E-state index in [2.05, 4.69) is 4.74 Å². The first-order chi connectivity index (χ1) is 8.15. The Bertz CT molecular complexity index is 285. The van der Waals surface area contributed by atoms with Gasteiger partial charge in [0.25, 0.3) is 0 Å². The second kappa shape index (κ2) is 7.04. The van der Waals surface area contributed by atoms with Crippen LogP contribution in [0.25, 0.3) is 0 Å². The molecule has 5 heteroatoms. The van der Waals surface area contributed by atoms with Crippen LogP contribution in [0, 0.1) is 0 Å². The Morgan fingerprint density at radius 3 is 2.29 bits per heavy atom. The van der Waals surface area contributed by atoms with E-state index in [1.165, 1.54) is 12.0 Å². The number of ether oxygens (including phenoxy) is 1. The summed E-state index contributed by atoms with van der Waals surface area (Å²) in [5.74, 6) is -0.288. The zero-order valence-corrected chi connectivity index (χ0v) is 10.2. The molecule has 0 bridgehead atoms. The number of likely N-dealkylation sites (tertiary alicyclic amines) is 1. The number of carbonyl (C=O) groups excluding carboxylic acids is 3. The van der Waals surface area contributed by atoms with Gasteiger partial charge in [-0.05, 0) is 12.8 Å². The van der Waals surface area contributed by atoms with Gasteiger partial charge in [-0.1, -0.05) is 12.8 Å². The highest BCUT2D eigenvalue weighted by Crippen LogP contribution is 2.13. The normalized spacial score (nSPS) is 15.5. The van der Waals surface area contributed by atoms with Gasteiger partial charge in [0.1, 0.15) is 0 Å². The van der Waals surface area contributed by atoms with E-state index in [0.717, 1.165) is 25.7 Å².